The number of anilines is 2. The lowest BCUT2D eigenvalue weighted by molar-refractivity contribution is -0.120. The van der Waals surface area contributed by atoms with Crippen molar-refractivity contribution in [3.05, 3.63) is 70.0 Å². The number of piperidine rings is 1. The van der Waals surface area contributed by atoms with Gasteiger partial charge in [0, 0.05) is 30.2 Å². The Morgan fingerprint density at radius 3 is 2.73 bits per heavy atom. The number of hydrogen-bond donors (Lipinski definition) is 1. The van der Waals surface area contributed by atoms with Crippen LogP contribution in [0.25, 0.3) is 5.69 Å². The summed E-state index contributed by atoms with van der Waals surface area (Å²) in [7, 11) is 3.13. The molecule has 3 aromatic rings. The maximum atomic E-state index is 13.0. The van der Waals surface area contributed by atoms with Gasteiger partial charge >= 0.3 is 0 Å². The molecule has 1 aliphatic rings. The van der Waals surface area contributed by atoms with E-state index < -0.39 is 0 Å². The average Bonchev–Trinajstić information content (AvgIpc) is 2.84. The van der Waals surface area contributed by atoms with E-state index in [2.05, 4.69) is 10.4 Å². The summed E-state index contributed by atoms with van der Waals surface area (Å²) in [6.07, 6.45) is 1.59. The Morgan fingerprint density at radius 2 is 1.97 bits per heavy atom. The molecule has 1 aromatic heterocycles. The number of carbonyl (C=O) groups is 1. The molecule has 1 fully saturated rings. The Kier molecular flexibility index (Phi) is 6.84. The van der Waals surface area contributed by atoms with E-state index in [-0.39, 0.29) is 17.4 Å². The van der Waals surface area contributed by atoms with E-state index in [1.807, 2.05) is 4.90 Å². The predicted molar refractivity (Wildman–Crippen MR) is 128 cm³/mol. The van der Waals surface area contributed by atoms with Gasteiger partial charge in [0.15, 0.2) is 0 Å². The van der Waals surface area contributed by atoms with Crippen LogP contribution in [0.1, 0.15) is 12.8 Å². The van der Waals surface area contributed by atoms with Gasteiger partial charge in [0.2, 0.25) is 5.91 Å². The molecule has 172 valence electrons. The molecule has 33 heavy (non-hydrogen) atoms. The molecule has 1 atom stereocenters. The largest absolute Gasteiger partial charge is 0.497 e. The summed E-state index contributed by atoms with van der Waals surface area (Å²) in [5.74, 6) is 1.49. The van der Waals surface area contributed by atoms with Crippen LogP contribution in [-0.4, -0.2) is 43.0 Å². The van der Waals surface area contributed by atoms with Crippen LogP contribution in [-0.2, 0) is 4.79 Å². The molecule has 0 spiro atoms. The first-order valence-corrected chi connectivity index (χ1v) is 11.0. The molecule has 9 heteroatoms. The maximum Gasteiger partial charge on any atom is 0.271 e. The summed E-state index contributed by atoms with van der Waals surface area (Å²) in [5.41, 5.74) is 0.930. The lowest BCUT2D eigenvalue weighted by atomic mass is 9.97. The van der Waals surface area contributed by atoms with Crippen molar-refractivity contribution in [2.75, 3.05) is 37.5 Å². The van der Waals surface area contributed by atoms with Gasteiger partial charge in [-0.05, 0) is 49.2 Å². The molecule has 0 aliphatic carbocycles. The highest BCUT2D eigenvalue weighted by Gasteiger charge is 2.27. The molecular weight excluding hydrogens is 444 g/mol. The van der Waals surface area contributed by atoms with Crippen molar-refractivity contribution >= 4 is 29.0 Å². The van der Waals surface area contributed by atoms with Gasteiger partial charge in [0.05, 0.1) is 31.5 Å². The second-order valence-corrected chi connectivity index (χ2v) is 8.20. The quantitative estimate of drug-likeness (QED) is 0.593. The van der Waals surface area contributed by atoms with E-state index in [1.165, 1.54) is 10.7 Å². The van der Waals surface area contributed by atoms with Gasteiger partial charge in [-0.1, -0.05) is 17.7 Å². The summed E-state index contributed by atoms with van der Waals surface area (Å²) < 4.78 is 11.9. The number of benzene rings is 2. The van der Waals surface area contributed by atoms with Gasteiger partial charge in [-0.3, -0.25) is 9.59 Å². The Morgan fingerprint density at radius 1 is 1.12 bits per heavy atom. The molecule has 0 radical (unpaired) electrons. The van der Waals surface area contributed by atoms with Crippen molar-refractivity contribution in [2.45, 2.75) is 12.8 Å². The van der Waals surface area contributed by atoms with Crippen molar-refractivity contribution in [3.63, 3.8) is 0 Å². The smallest absolute Gasteiger partial charge is 0.271 e. The fraction of sp³-hybridized carbons (Fsp3) is 0.292. The number of nitrogens with zero attached hydrogens (tertiary/aromatic N) is 3. The topological polar surface area (TPSA) is 85.7 Å². The minimum Gasteiger partial charge on any atom is -0.497 e. The zero-order valence-corrected chi connectivity index (χ0v) is 19.2. The Bertz CT molecular complexity index is 1210. The molecule has 1 N–H and O–H groups in total. The highest BCUT2D eigenvalue weighted by Crippen LogP contribution is 2.30. The van der Waals surface area contributed by atoms with Crippen LogP contribution >= 0.6 is 11.6 Å². The predicted octanol–water partition coefficient (Wildman–Crippen LogP) is 3.76. The fourth-order valence-corrected chi connectivity index (χ4v) is 4.08. The van der Waals surface area contributed by atoms with E-state index in [9.17, 15) is 9.59 Å². The standard InChI is InChI=1S/C24H25ClN4O4/c1-32-19-8-9-20(21(14-19)33-2)26-24(31)16-5-4-12-28(15-16)22-10-11-23(30)29(27-22)18-7-3-6-17(25)13-18/h3,6-11,13-14,16H,4-5,12,15H2,1-2H3,(H,26,31). The van der Waals surface area contributed by atoms with Crippen molar-refractivity contribution in [1.29, 1.82) is 0 Å². The van der Waals surface area contributed by atoms with E-state index in [0.717, 1.165) is 19.4 Å². The van der Waals surface area contributed by atoms with Crippen LogP contribution in [0.3, 0.4) is 0 Å². The Labute approximate surface area is 196 Å². The van der Waals surface area contributed by atoms with Crippen molar-refractivity contribution in [3.8, 4) is 17.2 Å². The zero-order chi connectivity index (χ0) is 23.4. The number of ether oxygens (including phenoxy) is 2. The lowest BCUT2D eigenvalue weighted by Crippen LogP contribution is -2.41. The number of methoxy groups -OCH3 is 2. The number of aromatic nitrogens is 2. The Balaban J connectivity index is 1.52. The van der Waals surface area contributed by atoms with E-state index >= 15 is 0 Å². The van der Waals surface area contributed by atoms with Crippen LogP contribution < -0.4 is 25.2 Å². The number of rotatable bonds is 6. The third-order valence-corrected chi connectivity index (χ3v) is 5.86. The van der Waals surface area contributed by atoms with Gasteiger partial charge in [0.1, 0.15) is 17.3 Å². The van der Waals surface area contributed by atoms with Crippen molar-refractivity contribution in [1.82, 2.24) is 9.78 Å². The molecule has 8 nitrogen and oxygen atoms in total. The highest BCUT2D eigenvalue weighted by molar-refractivity contribution is 6.30. The maximum absolute atomic E-state index is 13.0. The van der Waals surface area contributed by atoms with Gasteiger partial charge in [-0.2, -0.15) is 4.68 Å². The molecule has 1 unspecified atom stereocenters. The summed E-state index contributed by atoms with van der Waals surface area (Å²) in [6, 6.07) is 15.4. The normalized spacial score (nSPS) is 15.7. The van der Waals surface area contributed by atoms with Gasteiger partial charge in [0.25, 0.3) is 5.56 Å². The first-order chi connectivity index (χ1) is 16.0. The van der Waals surface area contributed by atoms with E-state index in [0.29, 0.717) is 40.3 Å². The third-order valence-electron chi connectivity index (χ3n) is 5.62. The number of halogens is 1. The van der Waals surface area contributed by atoms with E-state index in [1.54, 1.807) is 62.8 Å². The number of carbonyl (C=O) groups excluding carboxylic acids is 1. The molecule has 1 saturated heterocycles. The SMILES string of the molecule is COc1ccc(NC(=O)C2CCCN(c3ccc(=O)n(-c4cccc(Cl)c4)n3)C2)c(OC)c1. The first-order valence-electron chi connectivity index (χ1n) is 10.6. The summed E-state index contributed by atoms with van der Waals surface area (Å²) in [6.45, 7) is 1.24. The summed E-state index contributed by atoms with van der Waals surface area (Å²) >= 11 is 6.08. The van der Waals surface area contributed by atoms with Crippen LogP contribution in [0.2, 0.25) is 5.02 Å². The van der Waals surface area contributed by atoms with Crippen LogP contribution in [0.15, 0.2) is 59.4 Å². The van der Waals surface area contributed by atoms with E-state index in [4.69, 9.17) is 21.1 Å². The summed E-state index contributed by atoms with van der Waals surface area (Å²) in [4.78, 5) is 27.5. The summed E-state index contributed by atoms with van der Waals surface area (Å²) in [5, 5.41) is 8.03. The van der Waals surface area contributed by atoms with Gasteiger partial charge in [-0.25, -0.2) is 0 Å². The second kappa shape index (κ2) is 9.95. The lowest BCUT2D eigenvalue weighted by Gasteiger charge is -2.33. The second-order valence-electron chi connectivity index (χ2n) is 7.76. The van der Waals surface area contributed by atoms with Gasteiger partial charge < -0.3 is 19.7 Å². The zero-order valence-electron chi connectivity index (χ0n) is 18.5. The monoisotopic (exact) mass is 468 g/mol. The molecular formula is C24H25ClN4O4. The molecule has 0 bridgehead atoms. The molecule has 2 aromatic carbocycles. The molecule has 1 aliphatic heterocycles. The number of nitrogens with one attached hydrogen (secondary N) is 1. The van der Waals surface area contributed by atoms with Crippen LogP contribution in [0.5, 0.6) is 11.5 Å². The van der Waals surface area contributed by atoms with Crippen LogP contribution in [0, 0.1) is 5.92 Å². The van der Waals surface area contributed by atoms with Gasteiger partial charge in [-0.15, -0.1) is 5.10 Å². The highest BCUT2D eigenvalue weighted by atomic mass is 35.5. The minimum absolute atomic E-state index is 0.0914. The molecule has 0 saturated carbocycles. The third kappa shape index (κ3) is 5.12. The number of amides is 1. The first kappa shape index (κ1) is 22.7. The minimum atomic E-state index is -0.251. The molecule has 4 rings (SSSR count). The Hall–Kier alpha value is -3.52. The van der Waals surface area contributed by atoms with Crippen molar-refractivity contribution in [2.24, 2.45) is 5.92 Å². The number of hydrogen-bond acceptors (Lipinski definition) is 6. The molecule has 1 amide bonds. The molecule has 2 heterocycles. The average molecular weight is 469 g/mol. The van der Waals surface area contributed by atoms with Crippen LogP contribution in [0.4, 0.5) is 11.5 Å². The van der Waals surface area contributed by atoms with Crippen molar-refractivity contribution < 1.29 is 14.3 Å². The fourth-order valence-electron chi connectivity index (χ4n) is 3.90.